The standard InChI is InChI=1S/C22H34N2O4S/c1-17(2)18-10-11-20(28-3)21(15-18)29(26,27)24-14-8-9-19(16-24)22(25)23-12-6-4-5-7-13-23/h10-11,15,17,19H,4-9,12-14,16H2,1-3H3/t19-/m0/s1. The first kappa shape index (κ1) is 22.1. The maximum absolute atomic E-state index is 13.5. The minimum absolute atomic E-state index is 0.120. The maximum Gasteiger partial charge on any atom is 0.246 e. The molecule has 3 rings (SSSR count). The molecule has 29 heavy (non-hydrogen) atoms. The molecular formula is C22H34N2O4S. The minimum Gasteiger partial charge on any atom is -0.495 e. The zero-order chi connectivity index (χ0) is 21.0. The molecule has 2 heterocycles. The van der Waals surface area contributed by atoms with Crippen LogP contribution in [-0.2, 0) is 14.8 Å². The maximum atomic E-state index is 13.5. The second-order valence-corrected chi connectivity index (χ2v) is 10.4. The number of rotatable bonds is 5. The van der Waals surface area contributed by atoms with Gasteiger partial charge in [-0.2, -0.15) is 4.31 Å². The number of piperidine rings is 1. The van der Waals surface area contributed by atoms with Gasteiger partial charge in [-0.1, -0.05) is 32.8 Å². The van der Waals surface area contributed by atoms with Crippen molar-refractivity contribution in [1.29, 1.82) is 0 Å². The van der Waals surface area contributed by atoms with Gasteiger partial charge in [-0.25, -0.2) is 8.42 Å². The topological polar surface area (TPSA) is 66.9 Å². The molecule has 0 saturated carbocycles. The lowest BCUT2D eigenvalue weighted by Gasteiger charge is -2.34. The number of sulfonamides is 1. The summed E-state index contributed by atoms with van der Waals surface area (Å²) in [6.45, 7) is 6.37. The number of nitrogens with zero attached hydrogens (tertiary/aromatic N) is 2. The zero-order valence-corrected chi connectivity index (χ0v) is 18.7. The van der Waals surface area contributed by atoms with Crippen LogP contribution in [-0.4, -0.2) is 56.8 Å². The van der Waals surface area contributed by atoms with Gasteiger partial charge in [0.15, 0.2) is 0 Å². The molecule has 0 spiro atoms. The summed E-state index contributed by atoms with van der Waals surface area (Å²) in [7, 11) is -2.24. The van der Waals surface area contributed by atoms with Crippen LogP contribution < -0.4 is 4.74 Å². The highest BCUT2D eigenvalue weighted by molar-refractivity contribution is 7.89. The van der Waals surface area contributed by atoms with Crippen molar-refractivity contribution in [3.05, 3.63) is 23.8 Å². The number of hydrogen-bond acceptors (Lipinski definition) is 4. The van der Waals surface area contributed by atoms with Gasteiger partial charge in [0, 0.05) is 26.2 Å². The first-order valence-electron chi connectivity index (χ1n) is 10.8. The summed E-state index contributed by atoms with van der Waals surface area (Å²) in [4.78, 5) is 15.2. The summed E-state index contributed by atoms with van der Waals surface area (Å²) in [6, 6.07) is 5.36. The van der Waals surface area contributed by atoms with E-state index in [-0.39, 0.29) is 29.2 Å². The van der Waals surface area contributed by atoms with E-state index in [9.17, 15) is 13.2 Å². The Morgan fingerprint density at radius 2 is 1.76 bits per heavy atom. The Morgan fingerprint density at radius 1 is 1.07 bits per heavy atom. The van der Waals surface area contributed by atoms with Crippen molar-refractivity contribution in [1.82, 2.24) is 9.21 Å². The third-order valence-electron chi connectivity index (χ3n) is 6.12. The van der Waals surface area contributed by atoms with E-state index in [1.54, 1.807) is 12.1 Å². The number of hydrogen-bond donors (Lipinski definition) is 0. The quantitative estimate of drug-likeness (QED) is 0.727. The molecule has 162 valence electrons. The smallest absolute Gasteiger partial charge is 0.246 e. The number of methoxy groups -OCH3 is 1. The largest absolute Gasteiger partial charge is 0.495 e. The monoisotopic (exact) mass is 422 g/mol. The lowest BCUT2D eigenvalue weighted by Crippen LogP contribution is -2.47. The van der Waals surface area contributed by atoms with Crippen LogP contribution in [0.2, 0.25) is 0 Å². The lowest BCUT2D eigenvalue weighted by molar-refractivity contribution is -0.136. The molecule has 0 aliphatic carbocycles. The number of benzene rings is 1. The van der Waals surface area contributed by atoms with Crippen molar-refractivity contribution in [2.75, 3.05) is 33.3 Å². The SMILES string of the molecule is COc1ccc(C(C)C)cc1S(=O)(=O)N1CCC[C@H](C(=O)N2CCCCCC2)C1. The third-order valence-corrected chi connectivity index (χ3v) is 8.01. The molecule has 0 N–H and O–H groups in total. The predicted molar refractivity (Wildman–Crippen MR) is 114 cm³/mol. The second kappa shape index (κ2) is 9.47. The molecule has 0 unspecified atom stereocenters. The van der Waals surface area contributed by atoms with Crippen LogP contribution >= 0.6 is 0 Å². The van der Waals surface area contributed by atoms with E-state index < -0.39 is 10.0 Å². The van der Waals surface area contributed by atoms with Gasteiger partial charge in [0.1, 0.15) is 10.6 Å². The van der Waals surface area contributed by atoms with Crippen molar-refractivity contribution in [2.45, 2.75) is 63.2 Å². The molecular weight excluding hydrogens is 388 g/mol. The van der Waals surface area contributed by atoms with E-state index in [4.69, 9.17) is 4.74 Å². The number of carbonyl (C=O) groups is 1. The van der Waals surface area contributed by atoms with Gasteiger partial charge in [-0.05, 0) is 49.3 Å². The molecule has 6 nitrogen and oxygen atoms in total. The van der Waals surface area contributed by atoms with Gasteiger partial charge >= 0.3 is 0 Å². The van der Waals surface area contributed by atoms with E-state index in [1.165, 1.54) is 24.3 Å². The molecule has 2 aliphatic rings. The highest BCUT2D eigenvalue weighted by atomic mass is 32.2. The van der Waals surface area contributed by atoms with Crippen LogP contribution in [0.25, 0.3) is 0 Å². The normalized spacial score (nSPS) is 21.8. The van der Waals surface area contributed by atoms with Gasteiger partial charge in [0.25, 0.3) is 0 Å². The van der Waals surface area contributed by atoms with Crippen molar-refractivity contribution in [3.63, 3.8) is 0 Å². The fraction of sp³-hybridized carbons (Fsp3) is 0.682. The molecule has 0 aromatic heterocycles. The first-order valence-corrected chi connectivity index (χ1v) is 12.3. The van der Waals surface area contributed by atoms with Crippen LogP contribution in [0.15, 0.2) is 23.1 Å². The molecule has 1 amide bonds. The Morgan fingerprint density at radius 3 is 2.38 bits per heavy atom. The third kappa shape index (κ3) is 4.94. The summed E-state index contributed by atoms with van der Waals surface area (Å²) in [6.07, 6.45) is 5.88. The second-order valence-electron chi connectivity index (χ2n) is 8.51. The highest BCUT2D eigenvalue weighted by Crippen LogP contribution is 2.33. The molecule has 1 aromatic carbocycles. The van der Waals surface area contributed by atoms with Gasteiger partial charge in [0.05, 0.1) is 13.0 Å². The van der Waals surface area contributed by atoms with Crippen LogP contribution in [0.5, 0.6) is 5.75 Å². The molecule has 7 heteroatoms. The lowest BCUT2D eigenvalue weighted by atomic mass is 9.98. The van der Waals surface area contributed by atoms with E-state index >= 15 is 0 Å². The molecule has 1 aromatic rings. The van der Waals surface area contributed by atoms with Crippen LogP contribution in [0.3, 0.4) is 0 Å². The summed E-state index contributed by atoms with van der Waals surface area (Å²) in [5.74, 6) is 0.439. The van der Waals surface area contributed by atoms with Crippen LogP contribution in [0, 0.1) is 5.92 Å². The molecule has 0 radical (unpaired) electrons. The van der Waals surface area contributed by atoms with Gasteiger partial charge in [-0.3, -0.25) is 4.79 Å². The fourth-order valence-electron chi connectivity index (χ4n) is 4.30. The van der Waals surface area contributed by atoms with Crippen molar-refractivity contribution in [3.8, 4) is 5.75 Å². The van der Waals surface area contributed by atoms with Gasteiger partial charge in [0.2, 0.25) is 15.9 Å². The zero-order valence-electron chi connectivity index (χ0n) is 17.9. The summed E-state index contributed by atoms with van der Waals surface area (Å²) in [5, 5.41) is 0. The number of amides is 1. The Bertz CT molecular complexity index is 814. The average Bonchev–Trinajstić information content (AvgIpc) is 3.02. The molecule has 2 saturated heterocycles. The highest BCUT2D eigenvalue weighted by Gasteiger charge is 2.36. The van der Waals surface area contributed by atoms with Crippen molar-refractivity contribution >= 4 is 15.9 Å². The molecule has 1 atom stereocenters. The number of likely N-dealkylation sites (tertiary alicyclic amines) is 1. The van der Waals surface area contributed by atoms with E-state index in [2.05, 4.69) is 0 Å². The Hall–Kier alpha value is -1.60. The summed E-state index contributed by atoms with van der Waals surface area (Å²) < 4.78 is 33.8. The van der Waals surface area contributed by atoms with Crippen LogP contribution in [0.4, 0.5) is 0 Å². The van der Waals surface area contributed by atoms with E-state index in [0.29, 0.717) is 18.7 Å². The molecule has 2 aliphatic heterocycles. The number of ether oxygens (including phenoxy) is 1. The van der Waals surface area contributed by atoms with E-state index in [0.717, 1.165) is 37.9 Å². The Balaban J connectivity index is 1.82. The molecule has 2 fully saturated rings. The van der Waals surface area contributed by atoms with Crippen molar-refractivity contribution in [2.24, 2.45) is 5.92 Å². The minimum atomic E-state index is -3.73. The summed E-state index contributed by atoms with van der Waals surface area (Å²) in [5.41, 5.74) is 0.957. The van der Waals surface area contributed by atoms with Gasteiger partial charge in [-0.15, -0.1) is 0 Å². The van der Waals surface area contributed by atoms with Crippen LogP contribution in [0.1, 0.15) is 63.9 Å². The molecule has 0 bridgehead atoms. The Kier molecular flexibility index (Phi) is 7.22. The Labute approximate surface area is 175 Å². The number of carbonyl (C=O) groups excluding carboxylic acids is 1. The van der Waals surface area contributed by atoms with Crippen molar-refractivity contribution < 1.29 is 17.9 Å². The average molecular weight is 423 g/mol. The summed E-state index contributed by atoms with van der Waals surface area (Å²) >= 11 is 0. The van der Waals surface area contributed by atoms with E-state index in [1.807, 2.05) is 24.8 Å². The van der Waals surface area contributed by atoms with Gasteiger partial charge < -0.3 is 9.64 Å². The predicted octanol–water partition coefficient (Wildman–Crippen LogP) is 3.62. The fourth-order valence-corrected chi connectivity index (χ4v) is 6.02. The first-order chi connectivity index (χ1) is 13.8.